The standard InChI is InChI=1S/C18H24N2/c1-2-11-20-12-3-4-16-14-5-7-17-15(9-10-19-17)13(14)6-8-18(16)20/h5,7,9-10,16,18-19H,2-4,6,8,11-12H2,1H3/t16-,18-/m1/s1. The van der Waals surface area contributed by atoms with Gasteiger partial charge in [0.2, 0.25) is 0 Å². The van der Waals surface area contributed by atoms with Gasteiger partial charge in [-0.15, -0.1) is 0 Å². The molecule has 4 rings (SSSR count). The number of likely N-dealkylation sites (tertiary alicyclic amines) is 1. The van der Waals surface area contributed by atoms with Crippen LogP contribution in [0.4, 0.5) is 0 Å². The Hall–Kier alpha value is -1.28. The van der Waals surface area contributed by atoms with Gasteiger partial charge < -0.3 is 4.98 Å². The van der Waals surface area contributed by atoms with Gasteiger partial charge in [-0.2, -0.15) is 0 Å². The summed E-state index contributed by atoms with van der Waals surface area (Å²) < 4.78 is 0. The van der Waals surface area contributed by atoms with Gasteiger partial charge in [-0.1, -0.05) is 13.0 Å². The van der Waals surface area contributed by atoms with E-state index >= 15 is 0 Å². The molecule has 1 aromatic carbocycles. The van der Waals surface area contributed by atoms with Gasteiger partial charge in [-0.3, -0.25) is 4.90 Å². The van der Waals surface area contributed by atoms with Gasteiger partial charge in [0.25, 0.3) is 0 Å². The van der Waals surface area contributed by atoms with Crippen molar-refractivity contribution in [1.29, 1.82) is 0 Å². The lowest BCUT2D eigenvalue weighted by molar-refractivity contribution is 0.113. The third kappa shape index (κ3) is 1.81. The number of aromatic nitrogens is 1. The molecule has 1 aromatic heterocycles. The molecule has 2 heterocycles. The number of aromatic amines is 1. The molecule has 1 aliphatic carbocycles. The molecule has 0 bridgehead atoms. The van der Waals surface area contributed by atoms with Crippen molar-refractivity contribution in [2.75, 3.05) is 13.1 Å². The van der Waals surface area contributed by atoms with Crippen LogP contribution < -0.4 is 0 Å². The van der Waals surface area contributed by atoms with Crippen molar-refractivity contribution in [3.05, 3.63) is 35.5 Å². The molecule has 0 radical (unpaired) electrons. The minimum Gasteiger partial charge on any atom is -0.361 e. The summed E-state index contributed by atoms with van der Waals surface area (Å²) in [6, 6.07) is 7.75. The molecule has 2 heteroatoms. The van der Waals surface area contributed by atoms with E-state index in [-0.39, 0.29) is 0 Å². The summed E-state index contributed by atoms with van der Waals surface area (Å²) in [4.78, 5) is 6.12. The van der Waals surface area contributed by atoms with E-state index in [2.05, 4.69) is 41.2 Å². The highest BCUT2D eigenvalue weighted by atomic mass is 15.2. The van der Waals surface area contributed by atoms with Gasteiger partial charge in [0.1, 0.15) is 0 Å². The number of nitrogens with one attached hydrogen (secondary N) is 1. The maximum absolute atomic E-state index is 3.36. The molecule has 1 N–H and O–H groups in total. The monoisotopic (exact) mass is 268 g/mol. The van der Waals surface area contributed by atoms with Gasteiger partial charge in [0, 0.05) is 23.1 Å². The Labute approximate surface area is 121 Å². The summed E-state index contributed by atoms with van der Waals surface area (Å²) in [5.41, 5.74) is 4.58. The number of nitrogens with zero attached hydrogens (tertiary/aromatic N) is 1. The second-order valence-corrected chi connectivity index (χ2v) is 6.46. The Morgan fingerprint density at radius 2 is 2.20 bits per heavy atom. The summed E-state index contributed by atoms with van der Waals surface area (Å²) in [7, 11) is 0. The first-order chi connectivity index (χ1) is 9.88. The minimum absolute atomic E-state index is 0.776. The van der Waals surface area contributed by atoms with E-state index < -0.39 is 0 Å². The predicted octanol–water partition coefficient (Wildman–Crippen LogP) is 4.07. The Morgan fingerprint density at radius 3 is 3.10 bits per heavy atom. The number of piperidine rings is 1. The zero-order chi connectivity index (χ0) is 13.5. The fourth-order valence-electron chi connectivity index (χ4n) is 4.57. The Kier molecular flexibility index (Phi) is 3.07. The highest BCUT2D eigenvalue weighted by Crippen LogP contribution is 2.42. The van der Waals surface area contributed by atoms with Crippen molar-refractivity contribution >= 4 is 10.9 Å². The maximum Gasteiger partial charge on any atom is 0.0456 e. The molecule has 106 valence electrons. The molecule has 2 aromatic rings. The predicted molar refractivity (Wildman–Crippen MR) is 84.2 cm³/mol. The number of rotatable bonds is 2. The minimum atomic E-state index is 0.776. The topological polar surface area (TPSA) is 19.0 Å². The molecule has 1 aliphatic heterocycles. The van der Waals surface area contributed by atoms with Crippen LogP contribution in [0.1, 0.15) is 49.7 Å². The summed E-state index contributed by atoms with van der Waals surface area (Å²) in [6.07, 6.45) is 8.72. The fourth-order valence-corrected chi connectivity index (χ4v) is 4.57. The highest BCUT2D eigenvalue weighted by molar-refractivity contribution is 5.84. The van der Waals surface area contributed by atoms with Crippen LogP contribution in [-0.2, 0) is 6.42 Å². The van der Waals surface area contributed by atoms with Gasteiger partial charge in [0.05, 0.1) is 0 Å². The van der Waals surface area contributed by atoms with E-state index in [1.165, 1.54) is 56.1 Å². The average molecular weight is 268 g/mol. The normalized spacial score (nSPS) is 26.4. The molecule has 2 aliphatic rings. The van der Waals surface area contributed by atoms with Crippen LogP contribution in [0, 0.1) is 0 Å². The summed E-state index contributed by atoms with van der Waals surface area (Å²) in [5.74, 6) is 0.776. The number of hydrogen-bond donors (Lipinski definition) is 1. The molecule has 2 atom stereocenters. The second-order valence-electron chi connectivity index (χ2n) is 6.46. The van der Waals surface area contributed by atoms with E-state index in [0.717, 1.165) is 12.0 Å². The third-order valence-corrected chi connectivity index (χ3v) is 5.38. The zero-order valence-corrected chi connectivity index (χ0v) is 12.4. The highest BCUT2D eigenvalue weighted by Gasteiger charge is 2.36. The Balaban J connectivity index is 1.75. The summed E-state index contributed by atoms with van der Waals surface area (Å²) in [5, 5.41) is 1.47. The molecule has 20 heavy (non-hydrogen) atoms. The van der Waals surface area contributed by atoms with Crippen LogP contribution in [0.15, 0.2) is 24.4 Å². The van der Waals surface area contributed by atoms with E-state index in [0.29, 0.717) is 0 Å². The second kappa shape index (κ2) is 4.92. The van der Waals surface area contributed by atoms with Crippen molar-refractivity contribution in [2.24, 2.45) is 0 Å². The smallest absolute Gasteiger partial charge is 0.0456 e. The lowest BCUT2D eigenvalue weighted by Crippen LogP contribution is -2.46. The van der Waals surface area contributed by atoms with E-state index in [1.54, 1.807) is 11.1 Å². The fraction of sp³-hybridized carbons (Fsp3) is 0.556. The van der Waals surface area contributed by atoms with Gasteiger partial charge in [0.15, 0.2) is 0 Å². The number of fused-ring (bicyclic) bond motifs is 5. The first-order valence-corrected chi connectivity index (χ1v) is 8.21. The third-order valence-electron chi connectivity index (χ3n) is 5.38. The van der Waals surface area contributed by atoms with Crippen LogP contribution in [0.5, 0.6) is 0 Å². The quantitative estimate of drug-likeness (QED) is 0.870. The van der Waals surface area contributed by atoms with Crippen LogP contribution in [-0.4, -0.2) is 29.0 Å². The summed E-state index contributed by atoms with van der Waals surface area (Å²) >= 11 is 0. The molecule has 0 saturated carbocycles. The van der Waals surface area contributed by atoms with Crippen molar-refractivity contribution in [3.63, 3.8) is 0 Å². The van der Waals surface area contributed by atoms with Crippen molar-refractivity contribution in [2.45, 2.75) is 51.0 Å². The Morgan fingerprint density at radius 1 is 1.25 bits per heavy atom. The first kappa shape index (κ1) is 12.5. The average Bonchev–Trinajstić information content (AvgIpc) is 2.96. The number of benzene rings is 1. The lowest BCUT2D eigenvalue weighted by Gasteiger charge is -2.45. The SMILES string of the molecule is CCCN1CCC[C@@H]2c3ccc4[nH]ccc4c3CC[C@H]21. The Bertz CT molecular complexity index is 611. The molecule has 0 unspecified atom stereocenters. The van der Waals surface area contributed by atoms with Crippen molar-refractivity contribution in [1.82, 2.24) is 9.88 Å². The molecular formula is C18H24N2. The van der Waals surface area contributed by atoms with Crippen molar-refractivity contribution in [3.8, 4) is 0 Å². The van der Waals surface area contributed by atoms with Gasteiger partial charge in [-0.05, 0) is 74.4 Å². The lowest BCUT2D eigenvalue weighted by atomic mass is 9.73. The molecule has 1 saturated heterocycles. The largest absolute Gasteiger partial charge is 0.361 e. The number of hydrogen-bond acceptors (Lipinski definition) is 1. The molecule has 2 nitrogen and oxygen atoms in total. The van der Waals surface area contributed by atoms with Crippen LogP contribution in [0.25, 0.3) is 10.9 Å². The van der Waals surface area contributed by atoms with E-state index in [4.69, 9.17) is 0 Å². The first-order valence-electron chi connectivity index (χ1n) is 8.21. The van der Waals surface area contributed by atoms with Crippen LogP contribution >= 0.6 is 0 Å². The molecular weight excluding hydrogens is 244 g/mol. The van der Waals surface area contributed by atoms with E-state index in [1.807, 2.05) is 0 Å². The number of aryl methyl sites for hydroxylation is 1. The van der Waals surface area contributed by atoms with Gasteiger partial charge in [-0.25, -0.2) is 0 Å². The van der Waals surface area contributed by atoms with E-state index in [9.17, 15) is 0 Å². The van der Waals surface area contributed by atoms with Crippen molar-refractivity contribution < 1.29 is 0 Å². The summed E-state index contributed by atoms with van der Waals surface area (Å²) in [6.45, 7) is 4.91. The van der Waals surface area contributed by atoms with Crippen LogP contribution in [0.3, 0.4) is 0 Å². The number of H-pyrrole nitrogens is 1. The van der Waals surface area contributed by atoms with Gasteiger partial charge >= 0.3 is 0 Å². The molecule has 0 amide bonds. The molecule has 1 fully saturated rings. The molecule has 0 spiro atoms. The maximum atomic E-state index is 3.36. The van der Waals surface area contributed by atoms with Crippen LogP contribution in [0.2, 0.25) is 0 Å². The zero-order valence-electron chi connectivity index (χ0n) is 12.4.